The average molecular weight is 406 g/mol. The van der Waals surface area contributed by atoms with Crippen LogP contribution in [0.2, 0.25) is 0 Å². The summed E-state index contributed by atoms with van der Waals surface area (Å²) in [5.41, 5.74) is -0.466. The van der Waals surface area contributed by atoms with E-state index < -0.39 is 33.4 Å². The molecule has 2 rings (SSSR count). The summed E-state index contributed by atoms with van der Waals surface area (Å²) in [5.74, 6) is -1.60. The predicted molar refractivity (Wildman–Crippen MR) is 92.3 cm³/mol. The maximum atomic E-state index is 12.8. The highest BCUT2D eigenvalue weighted by molar-refractivity contribution is 7.91. The molecule has 27 heavy (non-hydrogen) atoms. The summed E-state index contributed by atoms with van der Waals surface area (Å²) in [6, 6.07) is 4.70. The maximum Gasteiger partial charge on any atom is 0.416 e. The molecule has 2 amide bonds. The first-order valence-corrected chi connectivity index (χ1v) is 10.3. The fourth-order valence-electron chi connectivity index (χ4n) is 2.79. The molecule has 150 valence electrons. The summed E-state index contributed by atoms with van der Waals surface area (Å²) in [7, 11) is -3.20. The second kappa shape index (κ2) is 8.28. The van der Waals surface area contributed by atoms with Gasteiger partial charge in [0.25, 0.3) is 0 Å². The van der Waals surface area contributed by atoms with Gasteiger partial charge >= 0.3 is 6.18 Å². The van der Waals surface area contributed by atoms with Gasteiger partial charge in [-0.2, -0.15) is 13.2 Å². The zero-order chi connectivity index (χ0) is 20.2. The molecule has 0 aromatic heterocycles. The van der Waals surface area contributed by atoms with Crippen molar-refractivity contribution in [2.75, 3.05) is 24.6 Å². The van der Waals surface area contributed by atoms with Crippen LogP contribution >= 0.6 is 0 Å². The topological polar surface area (TPSA) is 83.5 Å². The van der Waals surface area contributed by atoms with E-state index in [0.29, 0.717) is 5.56 Å². The van der Waals surface area contributed by atoms with Gasteiger partial charge in [-0.1, -0.05) is 19.1 Å². The summed E-state index contributed by atoms with van der Waals surface area (Å²) in [5, 5.41) is 2.50. The second-order valence-electron chi connectivity index (χ2n) is 6.40. The van der Waals surface area contributed by atoms with Crippen molar-refractivity contribution in [1.82, 2.24) is 10.2 Å². The number of hydrogen-bond donors (Lipinski definition) is 1. The lowest BCUT2D eigenvalue weighted by Crippen LogP contribution is -2.35. The van der Waals surface area contributed by atoms with Crippen molar-refractivity contribution in [3.63, 3.8) is 0 Å². The molecule has 1 saturated heterocycles. The van der Waals surface area contributed by atoms with Crippen LogP contribution in [0, 0.1) is 5.92 Å². The minimum absolute atomic E-state index is 0.0171. The van der Waals surface area contributed by atoms with E-state index in [2.05, 4.69) is 5.32 Å². The highest BCUT2D eigenvalue weighted by Crippen LogP contribution is 2.30. The first-order valence-electron chi connectivity index (χ1n) is 8.44. The van der Waals surface area contributed by atoms with Gasteiger partial charge in [0, 0.05) is 31.8 Å². The van der Waals surface area contributed by atoms with Gasteiger partial charge in [0.2, 0.25) is 11.8 Å². The Bertz CT molecular complexity index is 809. The Hall–Kier alpha value is -2.10. The number of carbonyl (C=O) groups excluding carboxylic acids is 2. The molecule has 0 aliphatic carbocycles. The summed E-state index contributed by atoms with van der Waals surface area (Å²) in [6.07, 6.45) is -4.52. The predicted octanol–water partition coefficient (Wildman–Crippen LogP) is 1.60. The molecule has 0 spiro atoms. The largest absolute Gasteiger partial charge is 0.416 e. The Morgan fingerprint density at radius 1 is 1.33 bits per heavy atom. The zero-order valence-corrected chi connectivity index (χ0v) is 15.6. The number of rotatable bonds is 7. The summed E-state index contributed by atoms with van der Waals surface area (Å²) < 4.78 is 61.2. The average Bonchev–Trinajstić information content (AvgIpc) is 2.95. The van der Waals surface area contributed by atoms with E-state index >= 15 is 0 Å². The van der Waals surface area contributed by atoms with Gasteiger partial charge in [0.15, 0.2) is 9.84 Å². The van der Waals surface area contributed by atoms with Crippen LogP contribution in [0.3, 0.4) is 0 Å². The lowest BCUT2D eigenvalue weighted by atomic mass is 10.1. The van der Waals surface area contributed by atoms with Crippen molar-refractivity contribution < 1.29 is 31.2 Å². The molecular formula is C17H21F3N2O4S. The van der Waals surface area contributed by atoms with E-state index in [1.165, 1.54) is 24.0 Å². The first kappa shape index (κ1) is 21.2. The number of amides is 2. The lowest BCUT2D eigenvalue weighted by molar-refractivity contribution is -0.137. The molecular weight excluding hydrogens is 385 g/mol. The number of sulfone groups is 1. The van der Waals surface area contributed by atoms with Crippen LogP contribution < -0.4 is 5.32 Å². The molecule has 0 radical (unpaired) electrons. The Labute approximate surface area is 155 Å². The van der Waals surface area contributed by atoms with Crippen molar-refractivity contribution in [3.8, 4) is 0 Å². The smallest absolute Gasteiger partial charge is 0.355 e. The van der Waals surface area contributed by atoms with Crippen molar-refractivity contribution in [2.24, 2.45) is 5.92 Å². The standard InChI is InChI=1S/C17H21F3N2O4S/c1-2-27(25,26)7-6-21-16(24)13-9-15(23)22(11-13)10-12-4-3-5-14(8-12)17(18,19)20/h3-5,8,13H,2,6-7,9-11H2,1H3,(H,21,24). The van der Waals surface area contributed by atoms with Gasteiger partial charge in [-0.15, -0.1) is 0 Å². The number of likely N-dealkylation sites (tertiary alicyclic amines) is 1. The highest BCUT2D eigenvalue weighted by Gasteiger charge is 2.35. The summed E-state index contributed by atoms with van der Waals surface area (Å²) >= 11 is 0. The molecule has 6 nitrogen and oxygen atoms in total. The van der Waals surface area contributed by atoms with Crippen molar-refractivity contribution in [3.05, 3.63) is 35.4 Å². The Balaban J connectivity index is 1.93. The van der Waals surface area contributed by atoms with Crippen LogP contribution in [0.25, 0.3) is 0 Å². The molecule has 1 aromatic carbocycles. The van der Waals surface area contributed by atoms with Crippen molar-refractivity contribution in [1.29, 1.82) is 0 Å². The van der Waals surface area contributed by atoms with Gasteiger partial charge in [-0.3, -0.25) is 9.59 Å². The molecule has 1 aliphatic heterocycles. The van der Waals surface area contributed by atoms with Gasteiger partial charge in [0.05, 0.1) is 17.2 Å². The Morgan fingerprint density at radius 2 is 2.04 bits per heavy atom. The van der Waals surface area contributed by atoms with Crippen LogP contribution in [0.1, 0.15) is 24.5 Å². The van der Waals surface area contributed by atoms with Gasteiger partial charge in [-0.25, -0.2) is 8.42 Å². The highest BCUT2D eigenvalue weighted by atomic mass is 32.2. The molecule has 0 bridgehead atoms. The number of hydrogen-bond acceptors (Lipinski definition) is 4. The maximum absolute atomic E-state index is 12.8. The number of alkyl halides is 3. The third-order valence-electron chi connectivity index (χ3n) is 4.37. The third kappa shape index (κ3) is 5.95. The van der Waals surface area contributed by atoms with Crippen LogP contribution in [0.5, 0.6) is 0 Å². The molecule has 1 aromatic rings. The molecule has 1 heterocycles. The third-order valence-corrected chi connectivity index (χ3v) is 6.07. The van der Waals surface area contributed by atoms with Gasteiger partial charge in [-0.05, 0) is 17.7 Å². The van der Waals surface area contributed by atoms with E-state index in [1.54, 1.807) is 0 Å². The van der Waals surface area contributed by atoms with E-state index in [4.69, 9.17) is 0 Å². The zero-order valence-electron chi connectivity index (χ0n) is 14.8. The van der Waals surface area contributed by atoms with Crippen molar-refractivity contribution in [2.45, 2.75) is 26.1 Å². The van der Waals surface area contributed by atoms with Crippen LogP contribution in [-0.2, 0) is 32.1 Å². The minimum atomic E-state index is -4.47. The molecule has 1 unspecified atom stereocenters. The second-order valence-corrected chi connectivity index (χ2v) is 8.87. The SMILES string of the molecule is CCS(=O)(=O)CCNC(=O)C1CC(=O)N(Cc2cccc(C(F)(F)F)c2)C1. The molecule has 1 fully saturated rings. The van der Waals surface area contributed by atoms with E-state index in [-0.39, 0.29) is 43.5 Å². The van der Waals surface area contributed by atoms with Crippen LogP contribution in [-0.4, -0.2) is 49.7 Å². The van der Waals surface area contributed by atoms with E-state index in [1.807, 2.05) is 0 Å². The molecule has 1 atom stereocenters. The minimum Gasteiger partial charge on any atom is -0.355 e. The molecule has 10 heteroatoms. The van der Waals surface area contributed by atoms with Crippen LogP contribution in [0.4, 0.5) is 13.2 Å². The number of halogens is 3. The van der Waals surface area contributed by atoms with Gasteiger partial charge in [0.1, 0.15) is 0 Å². The summed E-state index contributed by atoms with van der Waals surface area (Å²) in [4.78, 5) is 25.5. The normalized spacial score (nSPS) is 18.0. The van der Waals surface area contributed by atoms with E-state index in [9.17, 15) is 31.2 Å². The number of carbonyl (C=O) groups is 2. The monoisotopic (exact) mass is 406 g/mol. The molecule has 1 aliphatic rings. The fourth-order valence-corrected chi connectivity index (χ4v) is 3.49. The number of nitrogens with zero attached hydrogens (tertiary/aromatic N) is 1. The number of benzene rings is 1. The summed E-state index contributed by atoms with van der Waals surface area (Å²) in [6.45, 7) is 1.55. The molecule has 1 N–H and O–H groups in total. The Kier molecular flexibility index (Phi) is 6.50. The number of nitrogens with one attached hydrogen (secondary N) is 1. The van der Waals surface area contributed by atoms with E-state index in [0.717, 1.165) is 12.1 Å². The first-order chi connectivity index (χ1) is 12.5. The fraction of sp³-hybridized carbons (Fsp3) is 0.529. The lowest BCUT2D eigenvalue weighted by Gasteiger charge is -2.17. The van der Waals surface area contributed by atoms with Crippen molar-refractivity contribution >= 4 is 21.7 Å². The molecule has 0 saturated carbocycles. The Morgan fingerprint density at radius 3 is 2.67 bits per heavy atom. The van der Waals surface area contributed by atoms with Crippen LogP contribution in [0.15, 0.2) is 24.3 Å². The quantitative estimate of drug-likeness (QED) is 0.746. The van der Waals surface area contributed by atoms with Gasteiger partial charge < -0.3 is 10.2 Å².